The van der Waals surface area contributed by atoms with Crippen LogP contribution in [-0.4, -0.2) is 6.54 Å². The molecule has 1 unspecified atom stereocenters. The van der Waals surface area contributed by atoms with E-state index in [1.807, 2.05) is 12.1 Å². The van der Waals surface area contributed by atoms with Gasteiger partial charge in [0.15, 0.2) is 0 Å². The van der Waals surface area contributed by atoms with E-state index in [0.29, 0.717) is 6.04 Å². The highest BCUT2D eigenvalue weighted by Crippen LogP contribution is 2.27. The Kier molecular flexibility index (Phi) is 5.16. The van der Waals surface area contributed by atoms with Gasteiger partial charge in [-0.3, -0.25) is 0 Å². The molecule has 1 N–H and O–H groups in total. The average molecular weight is 292 g/mol. The van der Waals surface area contributed by atoms with Gasteiger partial charge in [0.05, 0.1) is 5.02 Å². The predicted octanol–water partition coefficient (Wildman–Crippen LogP) is 5.21. The standard InChI is InChI=1S/C17H19ClFN/c1-3-9-20-12(2)13-5-4-6-14(10-13)15-7-8-17(19)16(18)11-15/h4-8,10-12,20H,3,9H2,1-2H3. The number of halogens is 2. The SMILES string of the molecule is CCCNC(C)c1cccc(-c2ccc(F)c(Cl)c2)c1. The number of nitrogens with one attached hydrogen (secondary N) is 1. The molecule has 0 aliphatic carbocycles. The molecular formula is C17H19ClFN. The number of hydrogen-bond donors (Lipinski definition) is 1. The van der Waals surface area contributed by atoms with E-state index in [9.17, 15) is 4.39 Å². The fourth-order valence-corrected chi connectivity index (χ4v) is 2.32. The molecule has 0 aliphatic heterocycles. The van der Waals surface area contributed by atoms with Crippen LogP contribution < -0.4 is 5.32 Å². The van der Waals surface area contributed by atoms with Crippen LogP contribution in [0.5, 0.6) is 0 Å². The second-order valence-electron chi connectivity index (χ2n) is 4.93. The van der Waals surface area contributed by atoms with Crippen molar-refractivity contribution in [1.82, 2.24) is 5.32 Å². The van der Waals surface area contributed by atoms with Crippen LogP contribution in [0.3, 0.4) is 0 Å². The van der Waals surface area contributed by atoms with Crippen molar-refractivity contribution >= 4 is 11.6 Å². The van der Waals surface area contributed by atoms with Crippen LogP contribution >= 0.6 is 11.6 Å². The molecule has 3 heteroatoms. The highest BCUT2D eigenvalue weighted by molar-refractivity contribution is 6.31. The fourth-order valence-electron chi connectivity index (χ4n) is 2.14. The van der Waals surface area contributed by atoms with Crippen LogP contribution in [0.2, 0.25) is 5.02 Å². The Labute approximate surface area is 124 Å². The van der Waals surface area contributed by atoms with Crippen molar-refractivity contribution in [2.75, 3.05) is 6.54 Å². The summed E-state index contributed by atoms with van der Waals surface area (Å²) in [6, 6.07) is 13.4. The molecule has 106 valence electrons. The summed E-state index contributed by atoms with van der Waals surface area (Å²) >= 11 is 5.85. The maximum absolute atomic E-state index is 13.2. The molecule has 2 aromatic carbocycles. The van der Waals surface area contributed by atoms with E-state index < -0.39 is 0 Å². The Bertz CT molecular complexity index is 583. The minimum atomic E-state index is -0.385. The van der Waals surface area contributed by atoms with Crippen molar-refractivity contribution in [3.63, 3.8) is 0 Å². The molecule has 0 fully saturated rings. The van der Waals surface area contributed by atoms with Crippen LogP contribution in [-0.2, 0) is 0 Å². The van der Waals surface area contributed by atoms with Crippen LogP contribution in [0.1, 0.15) is 31.9 Å². The molecule has 0 saturated heterocycles. The normalized spacial score (nSPS) is 12.4. The summed E-state index contributed by atoms with van der Waals surface area (Å²) in [5.74, 6) is -0.385. The van der Waals surface area contributed by atoms with E-state index in [4.69, 9.17) is 11.6 Å². The van der Waals surface area contributed by atoms with Gasteiger partial charge in [0, 0.05) is 6.04 Å². The lowest BCUT2D eigenvalue weighted by molar-refractivity contribution is 0.571. The van der Waals surface area contributed by atoms with E-state index in [2.05, 4.69) is 31.3 Å². The van der Waals surface area contributed by atoms with Crippen molar-refractivity contribution in [2.24, 2.45) is 0 Å². The summed E-state index contributed by atoms with van der Waals surface area (Å²) < 4.78 is 13.2. The topological polar surface area (TPSA) is 12.0 Å². The summed E-state index contributed by atoms with van der Waals surface area (Å²) in [5.41, 5.74) is 3.20. The number of hydrogen-bond acceptors (Lipinski definition) is 1. The van der Waals surface area contributed by atoms with Crippen molar-refractivity contribution in [3.8, 4) is 11.1 Å². The van der Waals surface area contributed by atoms with Crippen molar-refractivity contribution in [3.05, 3.63) is 58.9 Å². The average Bonchev–Trinajstić information content (AvgIpc) is 2.47. The summed E-state index contributed by atoms with van der Waals surface area (Å²) in [6.07, 6.45) is 1.11. The molecule has 0 bridgehead atoms. The molecule has 0 aromatic heterocycles. The first-order chi connectivity index (χ1) is 9.61. The third-order valence-electron chi connectivity index (χ3n) is 3.34. The highest BCUT2D eigenvalue weighted by Gasteiger charge is 2.07. The lowest BCUT2D eigenvalue weighted by atomic mass is 10.00. The fraction of sp³-hybridized carbons (Fsp3) is 0.294. The Balaban J connectivity index is 2.26. The molecule has 0 saturated carbocycles. The van der Waals surface area contributed by atoms with Crippen LogP contribution in [0, 0.1) is 5.82 Å². The van der Waals surface area contributed by atoms with Crippen molar-refractivity contribution < 1.29 is 4.39 Å². The first-order valence-electron chi connectivity index (χ1n) is 6.90. The lowest BCUT2D eigenvalue weighted by Crippen LogP contribution is -2.19. The summed E-state index contributed by atoms with van der Waals surface area (Å²) in [5, 5.41) is 3.62. The Morgan fingerprint density at radius 3 is 2.60 bits per heavy atom. The van der Waals surface area contributed by atoms with Crippen LogP contribution in [0.25, 0.3) is 11.1 Å². The zero-order valence-electron chi connectivity index (χ0n) is 11.8. The second-order valence-corrected chi connectivity index (χ2v) is 5.34. The van der Waals surface area contributed by atoms with Crippen LogP contribution in [0.4, 0.5) is 4.39 Å². The largest absolute Gasteiger partial charge is 0.310 e. The molecule has 0 heterocycles. The van der Waals surface area contributed by atoms with E-state index in [-0.39, 0.29) is 10.8 Å². The molecule has 20 heavy (non-hydrogen) atoms. The maximum atomic E-state index is 13.2. The van der Waals surface area contributed by atoms with Gasteiger partial charge in [0.2, 0.25) is 0 Å². The van der Waals surface area contributed by atoms with E-state index >= 15 is 0 Å². The Hall–Kier alpha value is -1.38. The van der Waals surface area contributed by atoms with Gasteiger partial charge in [-0.1, -0.05) is 42.8 Å². The summed E-state index contributed by atoms with van der Waals surface area (Å²) in [6.45, 7) is 5.29. The minimum absolute atomic E-state index is 0.157. The Morgan fingerprint density at radius 2 is 1.90 bits per heavy atom. The first-order valence-corrected chi connectivity index (χ1v) is 7.28. The van der Waals surface area contributed by atoms with Gasteiger partial charge in [0.25, 0.3) is 0 Å². The Morgan fingerprint density at radius 1 is 1.15 bits per heavy atom. The van der Waals surface area contributed by atoms with Gasteiger partial charge >= 0.3 is 0 Å². The minimum Gasteiger partial charge on any atom is -0.310 e. The molecule has 0 amide bonds. The van der Waals surface area contributed by atoms with Gasteiger partial charge in [-0.05, 0) is 54.8 Å². The van der Waals surface area contributed by atoms with Gasteiger partial charge < -0.3 is 5.32 Å². The predicted molar refractivity (Wildman–Crippen MR) is 83.6 cm³/mol. The molecule has 1 atom stereocenters. The second kappa shape index (κ2) is 6.87. The third-order valence-corrected chi connectivity index (χ3v) is 3.63. The van der Waals surface area contributed by atoms with E-state index in [1.54, 1.807) is 12.1 Å². The molecule has 0 spiro atoms. The zero-order valence-corrected chi connectivity index (χ0v) is 12.5. The number of benzene rings is 2. The summed E-state index contributed by atoms with van der Waals surface area (Å²) in [7, 11) is 0. The van der Waals surface area contributed by atoms with E-state index in [1.165, 1.54) is 11.6 Å². The zero-order chi connectivity index (χ0) is 14.5. The van der Waals surface area contributed by atoms with Gasteiger partial charge in [-0.2, -0.15) is 0 Å². The highest BCUT2D eigenvalue weighted by atomic mass is 35.5. The van der Waals surface area contributed by atoms with Gasteiger partial charge in [-0.25, -0.2) is 4.39 Å². The molecular weight excluding hydrogens is 273 g/mol. The first kappa shape index (κ1) is 15.0. The molecule has 1 nitrogen and oxygen atoms in total. The smallest absolute Gasteiger partial charge is 0.141 e. The van der Waals surface area contributed by atoms with Crippen molar-refractivity contribution in [1.29, 1.82) is 0 Å². The molecule has 0 aliphatic rings. The maximum Gasteiger partial charge on any atom is 0.141 e. The third kappa shape index (κ3) is 3.59. The lowest BCUT2D eigenvalue weighted by Gasteiger charge is -2.15. The van der Waals surface area contributed by atoms with Crippen LogP contribution in [0.15, 0.2) is 42.5 Å². The molecule has 0 radical (unpaired) electrons. The monoisotopic (exact) mass is 291 g/mol. The summed E-state index contributed by atoms with van der Waals surface area (Å²) in [4.78, 5) is 0. The quantitative estimate of drug-likeness (QED) is 0.797. The molecule has 2 aromatic rings. The number of rotatable bonds is 5. The van der Waals surface area contributed by atoms with Crippen molar-refractivity contribution in [2.45, 2.75) is 26.3 Å². The van der Waals surface area contributed by atoms with E-state index in [0.717, 1.165) is 24.1 Å². The molecule has 2 rings (SSSR count). The van der Waals surface area contributed by atoms with Gasteiger partial charge in [0.1, 0.15) is 5.82 Å². The van der Waals surface area contributed by atoms with Gasteiger partial charge in [-0.15, -0.1) is 0 Å².